The summed E-state index contributed by atoms with van der Waals surface area (Å²) in [6.07, 6.45) is 103. The monoisotopic (exact) mass is 1290 g/mol. The smallest absolute Gasteiger partial charge is 0.220 e. The van der Waals surface area contributed by atoms with Crippen LogP contribution < -0.4 is 5.32 Å². The lowest BCUT2D eigenvalue weighted by molar-refractivity contribution is -0.302. The maximum atomic E-state index is 13.2. The van der Waals surface area contributed by atoms with Crippen molar-refractivity contribution in [1.82, 2.24) is 5.32 Å². The van der Waals surface area contributed by atoms with Crippen LogP contribution in [0.25, 0.3) is 0 Å². The molecule has 0 aromatic rings. The molecule has 7 unspecified atom stereocenters. The molecular weight excluding hydrogens is 1150 g/mol. The molecule has 0 aliphatic carbocycles. The van der Waals surface area contributed by atoms with Crippen molar-refractivity contribution in [2.75, 3.05) is 13.2 Å². The Kier molecular flexibility index (Phi) is 66.3. The molecule has 0 aromatic heterocycles. The summed E-state index contributed by atoms with van der Waals surface area (Å²) in [5.41, 5.74) is 0. The van der Waals surface area contributed by atoms with Gasteiger partial charge >= 0.3 is 0 Å². The number of allylic oxidation sites excluding steroid dienone is 23. The van der Waals surface area contributed by atoms with Gasteiger partial charge < -0.3 is 40.3 Å². The molecule has 7 atom stereocenters. The first-order chi connectivity index (χ1) is 45.8. The van der Waals surface area contributed by atoms with Gasteiger partial charge in [0.1, 0.15) is 24.4 Å². The Morgan fingerprint density at radius 2 is 0.677 bits per heavy atom. The number of rotatable bonds is 66. The van der Waals surface area contributed by atoms with Crippen molar-refractivity contribution >= 4 is 5.91 Å². The number of amides is 1. The van der Waals surface area contributed by atoms with Gasteiger partial charge in [-0.3, -0.25) is 4.79 Å². The predicted molar refractivity (Wildman–Crippen MR) is 400 cm³/mol. The van der Waals surface area contributed by atoms with E-state index in [9.17, 15) is 30.3 Å². The largest absolute Gasteiger partial charge is 0.394 e. The molecule has 93 heavy (non-hydrogen) atoms. The summed E-state index contributed by atoms with van der Waals surface area (Å²) in [6.45, 7) is 3.67. The van der Waals surface area contributed by atoms with Gasteiger partial charge in [0.15, 0.2) is 6.29 Å². The third-order valence-corrected chi connectivity index (χ3v) is 17.4. The number of nitrogens with one attached hydrogen (secondary N) is 1. The molecule has 0 spiro atoms. The van der Waals surface area contributed by atoms with Crippen LogP contribution in [0.5, 0.6) is 0 Å². The number of hydrogen-bond acceptors (Lipinski definition) is 8. The first kappa shape index (κ1) is 87.1. The fraction of sp³-hybridized carbons (Fsp3) is 0.702. The molecule has 6 N–H and O–H groups in total. The number of unbranched alkanes of at least 4 members (excludes halogenated alkanes) is 34. The molecule has 1 aliphatic rings. The van der Waals surface area contributed by atoms with Crippen molar-refractivity contribution in [3.05, 3.63) is 146 Å². The lowest BCUT2D eigenvalue weighted by atomic mass is 9.99. The van der Waals surface area contributed by atoms with Crippen LogP contribution in [0.4, 0.5) is 0 Å². The summed E-state index contributed by atoms with van der Waals surface area (Å²) in [4.78, 5) is 13.2. The van der Waals surface area contributed by atoms with E-state index in [-0.39, 0.29) is 12.5 Å². The standard InChI is InChI=1S/C84H143NO8/c1-3-5-7-9-11-13-15-17-19-21-23-25-27-29-31-33-35-36-37-38-39-40-41-42-44-46-48-50-52-54-56-58-60-62-64-66-68-70-72-74-80(88)85-77(76-92-84-83(91)82(90)81(89)79(75-86)93-84)78(87)73-71-69-67-65-63-61-59-57-55-53-51-49-47-45-43-34-32-30-28-26-24-22-20-18-16-14-12-10-8-6-4-2/h5,7,11,13,17,19,23,25,29,31,35-36,38-39,41-42,46,48,55,57,63,65,71,73,77-79,81-84,86-87,89-91H,3-4,6,8-10,12,14-16,18,20-22,24,26-28,30,32-34,37,40,43-45,47,49-54,56,58-62,64,66-70,72,74-76H2,1-2H3,(H,85,88)/b7-5-,13-11-,19-17-,25-23-,31-29-,36-35-,39-38-,42-41-,48-46-,57-55+,65-63+,73-71+. The Labute approximate surface area is 572 Å². The fourth-order valence-corrected chi connectivity index (χ4v) is 11.4. The zero-order valence-corrected chi connectivity index (χ0v) is 59.7. The van der Waals surface area contributed by atoms with Crippen LogP contribution in [0.3, 0.4) is 0 Å². The van der Waals surface area contributed by atoms with Crippen LogP contribution in [0.1, 0.15) is 322 Å². The number of carbonyl (C=O) groups excluding carboxylic acids is 1. The minimum Gasteiger partial charge on any atom is -0.394 e. The van der Waals surface area contributed by atoms with Gasteiger partial charge in [0.25, 0.3) is 0 Å². The maximum Gasteiger partial charge on any atom is 0.220 e. The van der Waals surface area contributed by atoms with E-state index in [4.69, 9.17) is 9.47 Å². The Morgan fingerprint density at radius 1 is 0.376 bits per heavy atom. The second kappa shape index (κ2) is 70.9. The van der Waals surface area contributed by atoms with E-state index in [1.807, 2.05) is 6.08 Å². The van der Waals surface area contributed by atoms with Crippen molar-refractivity contribution in [1.29, 1.82) is 0 Å². The van der Waals surface area contributed by atoms with Crippen LogP contribution in [-0.4, -0.2) is 87.5 Å². The normalized spacial score (nSPS) is 18.5. The van der Waals surface area contributed by atoms with Crippen molar-refractivity contribution in [2.24, 2.45) is 0 Å². The highest BCUT2D eigenvalue weighted by Crippen LogP contribution is 2.23. The van der Waals surface area contributed by atoms with Gasteiger partial charge in [-0.15, -0.1) is 0 Å². The fourth-order valence-electron chi connectivity index (χ4n) is 11.4. The first-order valence-electron chi connectivity index (χ1n) is 38.6. The van der Waals surface area contributed by atoms with Crippen LogP contribution in [0.2, 0.25) is 0 Å². The maximum absolute atomic E-state index is 13.2. The number of carbonyl (C=O) groups is 1. The second-order valence-electron chi connectivity index (χ2n) is 26.0. The molecule has 1 heterocycles. The van der Waals surface area contributed by atoms with E-state index in [0.717, 1.165) is 116 Å². The minimum atomic E-state index is -1.58. The zero-order chi connectivity index (χ0) is 67.1. The average molecular weight is 1300 g/mol. The number of hydrogen-bond donors (Lipinski definition) is 6. The second-order valence-corrected chi connectivity index (χ2v) is 26.0. The Morgan fingerprint density at radius 3 is 1.03 bits per heavy atom. The van der Waals surface area contributed by atoms with E-state index < -0.39 is 49.5 Å². The molecule has 0 aromatic carbocycles. The van der Waals surface area contributed by atoms with Gasteiger partial charge in [-0.05, 0) is 116 Å². The van der Waals surface area contributed by atoms with Gasteiger partial charge in [0, 0.05) is 6.42 Å². The molecule has 0 saturated carbocycles. The zero-order valence-electron chi connectivity index (χ0n) is 59.7. The van der Waals surface area contributed by atoms with Crippen molar-refractivity contribution in [3.8, 4) is 0 Å². The average Bonchev–Trinajstić information content (AvgIpc) is 1.02. The third kappa shape index (κ3) is 59.1. The van der Waals surface area contributed by atoms with Gasteiger partial charge in [0.05, 0.1) is 25.4 Å². The van der Waals surface area contributed by atoms with Crippen molar-refractivity contribution in [3.63, 3.8) is 0 Å². The van der Waals surface area contributed by atoms with Crippen LogP contribution >= 0.6 is 0 Å². The molecule has 9 nitrogen and oxygen atoms in total. The summed E-state index contributed by atoms with van der Waals surface area (Å²) in [5, 5.41) is 54.8. The molecule has 532 valence electrons. The van der Waals surface area contributed by atoms with E-state index in [2.05, 4.69) is 153 Å². The number of aliphatic hydroxyl groups excluding tert-OH is 5. The molecule has 9 heteroatoms. The van der Waals surface area contributed by atoms with E-state index in [0.29, 0.717) is 6.42 Å². The molecule has 0 radical (unpaired) electrons. The topological polar surface area (TPSA) is 149 Å². The Bertz CT molecular complexity index is 1990. The summed E-state index contributed by atoms with van der Waals surface area (Å²) in [6, 6.07) is -0.842. The predicted octanol–water partition coefficient (Wildman–Crippen LogP) is 22.1. The quantitative estimate of drug-likeness (QED) is 0.0261. The van der Waals surface area contributed by atoms with Crippen LogP contribution in [-0.2, 0) is 14.3 Å². The van der Waals surface area contributed by atoms with Gasteiger partial charge in [0.2, 0.25) is 5.91 Å². The van der Waals surface area contributed by atoms with Gasteiger partial charge in [-0.1, -0.05) is 346 Å². The van der Waals surface area contributed by atoms with Gasteiger partial charge in [-0.25, -0.2) is 0 Å². The minimum absolute atomic E-state index is 0.197. The number of aliphatic hydroxyl groups is 5. The summed E-state index contributed by atoms with van der Waals surface area (Å²) in [7, 11) is 0. The van der Waals surface area contributed by atoms with E-state index >= 15 is 0 Å². The van der Waals surface area contributed by atoms with Crippen LogP contribution in [0, 0.1) is 0 Å². The molecule has 0 bridgehead atoms. The van der Waals surface area contributed by atoms with Crippen molar-refractivity contribution in [2.45, 2.75) is 365 Å². The third-order valence-electron chi connectivity index (χ3n) is 17.4. The Hall–Kier alpha value is -3.93. The Balaban J connectivity index is 2.15. The molecule has 1 fully saturated rings. The molecule has 1 amide bonds. The van der Waals surface area contributed by atoms with Gasteiger partial charge in [-0.2, -0.15) is 0 Å². The highest BCUT2D eigenvalue weighted by molar-refractivity contribution is 5.76. The lowest BCUT2D eigenvalue weighted by Gasteiger charge is -2.40. The van der Waals surface area contributed by atoms with E-state index in [1.54, 1.807) is 6.08 Å². The first-order valence-corrected chi connectivity index (χ1v) is 38.6. The summed E-state index contributed by atoms with van der Waals surface area (Å²) < 4.78 is 11.3. The number of ether oxygens (including phenoxy) is 2. The van der Waals surface area contributed by atoms with Crippen molar-refractivity contribution < 1.29 is 39.8 Å². The molecule has 1 saturated heterocycles. The SMILES string of the molecule is CC/C=C\C/C=C\C/C=C\C/C=C\C/C=C\C/C=C\C/C=C\C/C=C\C/C=C\CCCCCCCCCCCCCC(=O)NC(COC1OC(CO)C(O)C(O)C1O)C(O)/C=C/CC/C=C/CC/C=C/CCCCCCCCCCCCCCCCCCCCCCC. The van der Waals surface area contributed by atoms with E-state index in [1.165, 1.54) is 186 Å². The van der Waals surface area contributed by atoms with Crippen LogP contribution in [0.15, 0.2) is 146 Å². The summed E-state index contributed by atoms with van der Waals surface area (Å²) >= 11 is 0. The lowest BCUT2D eigenvalue weighted by Crippen LogP contribution is -2.60. The highest BCUT2D eigenvalue weighted by Gasteiger charge is 2.44. The molecule has 1 rings (SSSR count). The molecule has 1 aliphatic heterocycles. The highest BCUT2D eigenvalue weighted by atomic mass is 16.7. The molecular formula is C84H143NO8. The summed E-state index contributed by atoms with van der Waals surface area (Å²) in [5.74, 6) is -0.197.